The number of hydrogen-bond acceptors (Lipinski definition) is 5. The van der Waals surface area contributed by atoms with Crippen LogP contribution in [-0.2, 0) is 6.54 Å². The molecule has 6 N–H and O–H groups in total. The molecule has 1 fully saturated rings. The van der Waals surface area contributed by atoms with Gasteiger partial charge in [0.2, 0.25) is 0 Å². The number of nitrogens with one attached hydrogen (secondary N) is 2. The van der Waals surface area contributed by atoms with Crippen LogP contribution in [0.4, 0.5) is 17.3 Å². The number of piperidine rings is 1. The van der Waals surface area contributed by atoms with Gasteiger partial charge in [0.1, 0.15) is 11.4 Å². The van der Waals surface area contributed by atoms with Gasteiger partial charge in [-0.3, -0.25) is 14.8 Å². The summed E-state index contributed by atoms with van der Waals surface area (Å²) in [5.74, 6) is -0.0963. The van der Waals surface area contributed by atoms with Crippen LogP contribution in [0.3, 0.4) is 0 Å². The molecule has 1 aromatic carbocycles. The summed E-state index contributed by atoms with van der Waals surface area (Å²) in [7, 11) is 0. The summed E-state index contributed by atoms with van der Waals surface area (Å²) in [6.45, 7) is 3.32. The first-order chi connectivity index (χ1) is 11.1. The van der Waals surface area contributed by atoms with E-state index in [0.29, 0.717) is 5.82 Å². The molecular weight excluding hydrogens is 292 g/mol. The number of aromatic nitrogens is 2. The van der Waals surface area contributed by atoms with Crippen LogP contribution in [0.2, 0.25) is 0 Å². The number of aromatic amines is 1. The number of primary amides is 1. The summed E-state index contributed by atoms with van der Waals surface area (Å²) in [6.07, 6.45) is 3.92. The second-order valence-corrected chi connectivity index (χ2v) is 5.88. The quantitative estimate of drug-likeness (QED) is 0.672. The monoisotopic (exact) mass is 314 g/mol. The third-order valence-corrected chi connectivity index (χ3v) is 4.11. The van der Waals surface area contributed by atoms with Gasteiger partial charge in [-0.15, -0.1) is 0 Å². The van der Waals surface area contributed by atoms with Crippen molar-refractivity contribution in [1.82, 2.24) is 15.1 Å². The average Bonchev–Trinajstić information content (AvgIpc) is 2.91. The Kier molecular flexibility index (Phi) is 4.47. The Labute approximate surface area is 135 Å². The lowest BCUT2D eigenvalue weighted by atomic mass is 10.1. The average molecular weight is 314 g/mol. The molecule has 23 heavy (non-hydrogen) atoms. The molecule has 1 aliphatic heterocycles. The van der Waals surface area contributed by atoms with Gasteiger partial charge in [-0.1, -0.05) is 18.6 Å². The maximum Gasteiger partial charge on any atom is 0.256 e. The highest BCUT2D eigenvalue weighted by molar-refractivity contribution is 6.02. The standard InChI is InChI=1S/C16H22N6O/c17-14-13(15(18)23)16(21-20-14)19-12-6-4-11(5-7-12)10-22-8-2-1-3-9-22/h4-7H,1-3,8-10H2,(H2,18,23)(H4,17,19,20,21). The molecule has 0 spiro atoms. The van der Waals surface area contributed by atoms with Crippen LogP contribution < -0.4 is 16.8 Å². The summed E-state index contributed by atoms with van der Waals surface area (Å²) in [5, 5.41) is 9.61. The Morgan fingerprint density at radius 2 is 1.91 bits per heavy atom. The molecule has 1 aromatic heterocycles. The second-order valence-electron chi connectivity index (χ2n) is 5.88. The molecule has 7 heteroatoms. The minimum Gasteiger partial charge on any atom is -0.383 e. The van der Waals surface area contributed by atoms with Gasteiger partial charge in [-0.25, -0.2) is 0 Å². The van der Waals surface area contributed by atoms with Gasteiger partial charge >= 0.3 is 0 Å². The van der Waals surface area contributed by atoms with Crippen LogP contribution in [0.5, 0.6) is 0 Å². The lowest BCUT2D eigenvalue weighted by Crippen LogP contribution is -2.29. The summed E-state index contributed by atoms with van der Waals surface area (Å²) < 4.78 is 0. The topological polar surface area (TPSA) is 113 Å². The Balaban J connectivity index is 1.67. The molecule has 1 amide bonds. The molecule has 1 saturated heterocycles. The fraction of sp³-hybridized carbons (Fsp3) is 0.375. The summed E-state index contributed by atoms with van der Waals surface area (Å²) >= 11 is 0. The van der Waals surface area contributed by atoms with Crippen molar-refractivity contribution in [1.29, 1.82) is 0 Å². The molecule has 122 valence electrons. The molecule has 0 atom stereocenters. The van der Waals surface area contributed by atoms with Crippen molar-refractivity contribution in [3.05, 3.63) is 35.4 Å². The van der Waals surface area contributed by atoms with E-state index < -0.39 is 5.91 Å². The predicted octanol–water partition coefficient (Wildman–Crippen LogP) is 1.82. The number of anilines is 3. The van der Waals surface area contributed by atoms with E-state index in [0.717, 1.165) is 12.2 Å². The molecule has 3 rings (SSSR count). The van der Waals surface area contributed by atoms with Crippen molar-refractivity contribution in [3.63, 3.8) is 0 Å². The second kappa shape index (κ2) is 6.70. The molecule has 0 aliphatic carbocycles. The first kappa shape index (κ1) is 15.4. The van der Waals surface area contributed by atoms with E-state index in [-0.39, 0.29) is 11.4 Å². The molecular formula is C16H22N6O. The number of carbonyl (C=O) groups is 1. The maximum atomic E-state index is 11.4. The van der Waals surface area contributed by atoms with Crippen LogP contribution in [0.1, 0.15) is 35.2 Å². The maximum absolute atomic E-state index is 11.4. The van der Waals surface area contributed by atoms with E-state index in [2.05, 4.69) is 32.5 Å². The van der Waals surface area contributed by atoms with Crippen LogP contribution in [0.25, 0.3) is 0 Å². The number of H-pyrrole nitrogens is 1. The largest absolute Gasteiger partial charge is 0.383 e. The van der Waals surface area contributed by atoms with Crippen LogP contribution >= 0.6 is 0 Å². The number of carbonyl (C=O) groups excluding carboxylic acids is 1. The van der Waals surface area contributed by atoms with Gasteiger partial charge in [0.15, 0.2) is 5.82 Å². The molecule has 2 heterocycles. The fourth-order valence-corrected chi connectivity index (χ4v) is 2.90. The third-order valence-electron chi connectivity index (χ3n) is 4.11. The summed E-state index contributed by atoms with van der Waals surface area (Å²) in [5.41, 5.74) is 13.3. The summed E-state index contributed by atoms with van der Waals surface area (Å²) in [6, 6.07) is 8.09. The summed E-state index contributed by atoms with van der Waals surface area (Å²) in [4.78, 5) is 13.9. The van der Waals surface area contributed by atoms with Gasteiger partial charge in [0.25, 0.3) is 5.91 Å². The van der Waals surface area contributed by atoms with Gasteiger partial charge in [0.05, 0.1) is 0 Å². The molecule has 0 bridgehead atoms. The predicted molar refractivity (Wildman–Crippen MR) is 90.4 cm³/mol. The van der Waals surface area contributed by atoms with Gasteiger partial charge in [0, 0.05) is 12.2 Å². The van der Waals surface area contributed by atoms with Crippen molar-refractivity contribution in [2.24, 2.45) is 5.73 Å². The molecule has 0 saturated carbocycles. The number of amides is 1. The Morgan fingerprint density at radius 3 is 2.57 bits per heavy atom. The number of nitrogen functional groups attached to an aromatic ring is 1. The first-order valence-electron chi connectivity index (χ1n) is 7.85. The smallest absolute Gasteiger partial charge is 0.256 e. The third kappa shape index (κ3) is 3.62. The van der Waals surface area contributed by atoms with Gasteiger partial charge in [-0.2, -0.15) is 5.10 Å². The van der Waals surface area contributed by atoms with Crippen LogP contribution in [0, 0.1) is 0 Å². The van der Waals surface area contributed by atoms with E-state index in [1.54, 1.807) is 0 Å². The minimum absolute atomic E-state index is 0.168. The number of likely N-dealkylation sites (tertiary alicyclic amines) is 1. The zero-order valence-corrected chi connectivity index (χ0v) is 13.0. The van der Waals surface area contributed by atoms with Crippen molar-refractivity contribution >= 4 is 23.2 Å². The normalized spacial score (nSPS) is 15.5. The molecule has 2 aromatic rings. The highest BCUT2D eigenvalue weighted by Crippen LogP contribution is 2.23. The molecule has 1 aliphatic rings. The van der Waals surface area contributed by atoms with Crippen molar-refractivity contribution < 1.29 is 4.79 Å². The fourth-order valence-electron chi connectivity index (χ4n) is 2.90. The number of benzene rings is 1. The van der Waals surface area contributed by atoms with E-state index in [1.165, 1.54) is 37.9 Å². The molecule has 7 nitrogen and oxygen atoms in total. The van der Waals surface area contributed by atoms with E-state index in [4.69, 9.17) is 11.5 Å². The first-order valence-corrected chi connectivity index (χ1v) is 7.85. The Bertz CT molecular complexity index is 672. The molecule has 0 radical (unpaired) electrons. The number of hydrogen-bond donors (Lipinski definition) is 4. The number of nitrogens with zero attached hydrogens (tertiary/aromatic N) is 2. The van der Waals surface area contributed by atoms with Crippen molar-refractivity contribution in [2.75, 3.05) is 24.1 Å². The lowest BCUT2D eigenvalue weighted by Gasteiger charge is -2.26. The zero-order valence-electron chi connectivity index (χ0n) is 13.0. The highest BCUT2D eigenvalue weighted by Gasteiger charge is 2.16. The van der Waals surface area contributed by atoms with Gasteiger partial charge in [-0.05, 0) is 43.6 Å². The SMILES string of the molecule is NC(=O)c1c(Nc2ccc(CN3CCCCC3)cc2)n[nH]c1N. The van der Waals surface area contributed by atoms with Gasteiger partial charge < -0.3 is 16.8 Å². The van der Waals surface area contributed by atoms with E-state index in [9.17, 15) is 4.79 Å². The van der Waals surface area contributed by atoms with E-state index in [1.807, 2.05) is 12.1 Å². The number of nitrogens with two attached hydrogens (primary N) is 2. The zero-order chi connectivity index (χ0) is 16.2. The van der Waals surface area contributed by atoms with Crippen LogP contribution in [-0.4, -0.2) is 34.1 Å². The van der Waals surface area contributed by atoms with Crippen LogP contribution in [0.15, 0.2) is 24.3 Å². The number of rotatable bonds is 5. The Hall–Kier alpha value is -2.54. The highest BCUT2D eigenvalue weighted by atomic mass is 16.1. The van der Waals surface area contributed by atoms with E-state index >= 15 is 0 Å². The molecule has 0 unspecified atom stereocenters. The van der Waals surface area contributed by atoms with Crippen molar-refractivity contribution in [3.8, 4) is 0 Å². The minimum atomic E-state index is -0.611. The Morgan fingerprint density at radius 1 is 1.22 bits per heavy atom. The lowest BCUT2D eigenvalue weighted by molar-refractivity contribution is 0.100. The van der Waals surface area contributed by atoms with Crippen molar-refractivity contribution in [2.45, 2.75) is 25.8 Å².